The van der Waals surface area contributed by atoms with Crippen molar-refractivity contribution in [1.82, 2.24) is 9.97 Å². The first kappa shape index (κ1) is 20.3. The maximum absolute atomic E-state index is 14.3. The Morgan fingerprint density at radius 3 is 2.64 bits per heavy atom. The van der Waals surface area contributed by atoms with Crippen LogP contribution in [-0.2, 0) is 11.3 Å². The van der Waals surface area contributed by atoms with Crippen molar-refractivity contribution in [2.45, 2.75) is 39.2 Å². The van der Waals surface area contributed by atoms with Gasteiger partial charge in [-0.05, 0) is 32.8 Å². The monoisotopic (exact) mass is 403 g/mol. The molecule has 2 aromatic rings. The molecule has 7 heteroatoms. The zero-order chi connectivity index (χ0) is 20.3. The van der Waals surface area contributed by atoms with Crippen molar-refractivity contribution in [3.63, 3.8) is 0 Å². The number of allylic oxidation sites excluding steroid dienone is 1. The molecule has 0 spiro atoms. The minimum Gasteiger partial charge on any atom is -0.464 e. The molecule has 0 radical (unpaired) electrons. The third-order valence-corrected chi connectivity index (χ3v) is 4.86. The summed E-state index contributed by atoms with van der Waals surface area (Å²) in [5, 5.41) is 0.120. The van der Waals surface area contributed by atoms with Gasteiger partial charge in [-0.25, -0.2) is 19.2 Å². The van der Waals surface area contributed by atoms with Crippen LogP contribution in [0, 0.1) is 5.82 Å². The lowest BCUT2D eigenvalue weighted by Crippen LogP contribution is -2.26. The molecule has 0 bridgehead atoms. The van der Waals surface area contributed by atoms with Crippen LogP contribution >= 0.6 is 11.6 Å². The second kappa shape index (κ2) is 8.69. The predicted octanol–water partition coefficient (Wildman–Crippen LogP) is 4.91. The Morgan fingerprint density at radius 2 is 2.04 bits per heavy atom. The summed E-state index contributed by atoms with van der Waals surface area (Å²) in [5.41, 5.74) is 1.68. The van der Waals surface area contributed by atoms with E-state index in [1.165, 1.54) is 13.2 Å². The standard InChI is InChI=1S/C21H23ClFN3O2/c1-13(2)10-11-26(12-15-6-4-5-7-16(15)23)20-17(22)18(21(27)28-3)24-19(25-20)14-8-9-14/h4-7,10,14H,8-9,11-12H2,1-3H3. The third-order valence-electron chi connectivity index (χ3n) is 4.51. The molecule has 1 saturated carbocycles. The fraction of sp³-hybridized carbons (Fsp3) is 0.381. The molecule has 1 fully saturated rings. The highest BCUT2D eigenvalue weighted by molar-refractivity contribution is 6.35. The van der Waals surface area contributed by atoms with Gasteiger partial charge in [-0.15, -0.1) is 0 Å². The molecule has 1 aliphatic carbocycles. The fourth-order valence-electron chi connectivity index (χ4n) is 2.77. The van der Waals surface area contributed by atoms with E-state index < -0.39 is 5.97 Å². The van der Waals surface area contributed by atoms with E-state index in [4.69, 9.17) is 16.3 Å². The van der Waals surface area contributed by atoms with Crippen molar-refractivity contribution < 1.29 is 13.9 Å². The number of hydrogen-bond acceptors (Lipinski definition) is 5. The number of carbonyl (C=O) groups is 1. The number of benzene rings is 1. The molecule has 0 unspecified atom stereocenters. The van der Waals surface area contributed by atoms with Crippen LogP contribution in [0.3, 0.4) is 0 Å². The first-order chi connectivity index (χ1) is 13.4. The lowest BCUT2D eigenvalue weighted by molar-refractivity contribution is 0.0593. The molecule has 1 aromatic carbocycles. The molecule has 148 valence electrons. The van der Waals surface area contributed by atoms with Crippen LogP contribution in [0.5, 0.6) is 0 Å². The largest absolute Gasteiger partial charge is 0.464 e. The van der Waals surface area contributed by atoms with Crippen LogP contribution in [-0.4, -0.2) is 29.6 Å². The number of halogens is 2. The SMILES string of the molecule is COC(=O)c1nc(C2CC2)nc(N(CC=C(C)C)Cc2ccccc2F)c1Cl. The summed E-state index contributed by atoms with van der Waals surface area (Å²) in [6.07, 6.45) is 3.96. The van der Waals surface area contributed by atoms with Crippen LogP contribution < -0.4 is 4.90 Å². The minimum atomic E-state index is -0.608. The summed E-state index contributed by atoms with van der Waals surface area (Å²) in [7, 11) is 1.29. The lowest BCUT2D eigenvalue weighted by Gasteiger charge is -2.25. The number of rotatable bonds is 7. The normalized spacial score (nSPS) is 13.2. The van der Waals surface area contributed by atoms with E-state index in [-0.39, 0.29) is 29.0 Å². The van der Waals surface area contributed by atoms with E-state index >= 15 is 0 Å². The highest BCUT2D eigenvalue weighted by Gasteiger charge is 2.31. The molecule has 0 atom stereocenters. The molecule has 0 aliphatic heterocycles. The maximum atomic E-state index is 14.3. The topological polar surface area (TPSA) is 55.3 Å². The number of nitrogens with zero attached hydrogens (tertiary/aromatic N) is 3. The molecular formula is C21H23ClFN3O2. The van der Waals surface area contributed by atoms with Gasteiger partial charge in [0.05, 0.1) is 7.11 Å². The zero-order valence-corrected chi connectivity index (χ0v) is 17.0. The van der Waals surface area contributed by atoms with Crippen molar-refractivity contribution >= 4 is 23.4 Å². The van der Waals surface area contributed by atoms with Crippen LogP contribution in [0.25, 0.3) is 0 Å². The highest BCUT2D eigenvalue weighted by Crippen LogP contribution is 2.40. The summed E-state index contributed by atoms with van der Waals surface area (Å²) < 4.78 is 19.1. The average Bonchev–Trinajstić information content (AvgIpc) is 3.51. The Hall–Kier alpha value is -2.47. The Kier molecular flexibility index (Phi) is 6.29. The Labute approximate surface area is 169 Å². The van der Waals surface area contributed by atoms with Crippen LogP contribution in [0.2, 0.25) is 5.02 Å². The first-order valence-corrected chi connectivity index (χ1v) is 9.56. The van der Waals surface area contributed by atoms with Gasteiger partial charge in [-0.1, -0.05) is 41.4 Å². The Balaban J connectivity index is 2.07. The number of carbonyl (C=O) groups excluding carboxylic acids is 1. The second-order valence-corrected chi connectivity index (χ2v) is 7.47. The van der Waals surface area contributed by atoms with Crippen molar-refractivity contribution in [1.29, 1.82) is 0 Å². The van der Waals surface area contributed by atoms with Gasteiger partial charge in [0.1, 0.15) is 16.7 Å². The van der Waals surface area contributed by atoms with E-state index in [0.29, 0.717) is 23.8 Å². The number of aromatic nitrogens is 2. The third kappa shape index (κ3) is 4.68. The van der Waals surface area contributed by atoms with Crippen LogP contribution in [0.15, 0.2) is 35.9 Å². The van der Waals surface area contributed by atoms with E-state index in [0.717, 1.165) is 18.4 Å². The number of hydrogen-bond donors (Lipinski definition) is 0. The average molecular weight is 404 g/mol. The summed E-state index contributed by atoms with van der Waals surface area (Å²) in [4.78, 5) is 23.0. The smallest absolute Gasteiger partial charge is 0.358 e. The quantitative estimate of drug-likeness (QED) is 0.486. The van der Waals surface area contributed by atoms with Gasteiger partial charge in [0, 0.05) is 24.6 Å². The summed E-state index contributed by atoms with van der Waals surface area (Å²) in [6, 6.07) is 6.58. The van der Waals surface area contributed by atoms with Crippen LogP contribution in [0.1, 0.15) is 54.5 Å². The summed E-state index contributed by atoms with van der Waals surface area (Å²) in [5.74, 6) is 0.308. The van der Waals surface area contributed by atoms with E-state index in [1.54, 1.807) is 18.2 Å². The molecule has 0 amide bonds. The van der Waals surface area contributed by atoms with Crippen molar-refractivity contribution in [3.05, 3.63) is 63.8 Å². The molecule has 1 aromatic heterocycles. The minimum absolute atomic E-state index is 0.0480. The number of anilines is 1. The second-order valence-electron chi connectivity index (χ2n) is 7.09. The molecule has 5 nitrogen and oxygen atoms in total. The first-order valence-electron chi connectivity index (χ1n) is 9.18. The molecule has 28 heavy (non-hydrogen) atoms. The summed E-state index contributed by atoms with van der Waals surface area (Å²) >= 11 is 6.51. The summed E-state index contributed by atoms with van der Waals surface area (Å²) in [6.45, 7) is 4.70. The fourth-order valence-corrected chi connectivity index (χ4v) is 3.05. The molecule has 0 saturated heterocycles. The number of methoxy groups -OCH3 is 1. The van der Waals surface area contributed by atoms with Crippen LogP contribution in [0.4, 0.5) is 10.2 Å². The van der Waals surface area contributed by atoms with Gasteiger partial charge in [0.2, 0.25) is 0 Å². The lowest BCUT2D eigenvalue weighted by atomic mass is 10.2. The number of esters is 1. The molecule has 1 aliphatic rings. The van der Waals surface area contributed by atoms with Gasteiger partial charge < -0.3 is 9.64 Å². The van der Waals surface area contributed by atoms with E-state index in [9.17, 15) is 9.18 Å². The maximum Gasteiger partial charge on any atom is 0.358 e. The van der Waals surface area contributed by atoms with Crippen molar-refractivity contribution in [2.75, 3.05) is 18.6 Å². The van der Waals surface area contributed by atoms with Gasteiger partial charge in [0.15, 0.2) is 11.5 Å². The van der Waals surface area contributed by atoms with E-state index in [1.807, 2.05) is 24.8 Å². The van der Waals surface area contributed by atoms with Gasteiger partial charge in [0.25, 0.3) is 0 Å². The van der Waals surface area contributed by atoms with Crippen molar-refractivity contribution in [2.24, 2.45) is 0 Å². The van der Waals surface area contributed by atoms with E-state index in [2.05, 4.69) is 9.97 Å². The van der Waals surface area contributed by atoms with Gasteiger partial charge in [-0.2, -0.15) is 0 Å². The Morgan fingerprint density at radius 1 is 1.32 bits per heavy atom. The molecule has 3 rings (SSSR count). The highest BCUT2D eigenvalue weighted by atomic mass is 35.5. The molecule has 0 N–H and O–H groups in total. The number of ether oxygens (including phenoxy) is 1. The Bertz CT molecular complexity index is 909. The predicted molar refractivity (Wildman–Crippen MR) is 107 cm³/mol. The molecule has 1 heterocycles. The molecular weight excluding hydrogens is 381 g/mol. The zero-order valence-electron chi connectivity index (χ0n) is 16.2. The van der Waals surface area contributed by atoms with Gasteiger partial charge >= 0.3 is 5.97 Å². The van der Waals surface area contributed by atoms with Gasteiger partial charge in [-0.3, -0.25) is 0 Å². The van der Waals surface area contributed by atoms with Crippen molar-refractivity contribution in [3.8, 4) is 0 Å².